The van der Waals surface area contributed by atoms with Crippen LogP contribution in [0.3, 0.4) is 0 Å². The Bertz CT molecular complexity index is 469. The van der Waals surface area contributed by atoms with Gasteiger partial charge in [0.1, 0.15) is 5.56 Å². The maximum Gasteiger partial charge on any atom is 0.421 e. The van der Waals surface area contributed by atoms with Crippen molar-refractivity contribution in [2.75, 3.05) is 7.11 Å². The summed E-state index contributed by atoms with van der Waals surface area (Å²) in [4.78, 5) is 13.8. The molecule has 4 nitrogen and oxygen atoms in total. The summed E-state index contributed by atoms with van der Waals surface area (Å²) in [5.74, 6) is -1.58. The highest BCUT2D eigenvalue weighted by Gasteiger charge is 2.35. The zero-order chi connectivity index (χ0) is 13.8. The Morgan fingerprint density at radius 1 is 1.56 bits per heavy atom. The van der Waals surface area contributed by atoms with Crippen LogP contribution < -0.4 is 4.74 Å². The number of halogens is 3. The summed E-state index contributed by atoms with van der Waals surface area (Å²) in [7, 11) is 1.09. The largest absolute Gasteiger partial charge is 0.481 e. The van der Waals surface area contributed by atoms with E-state index in [-0.39, 0.29) is 12.0 Å². The van der Waals surface area contributed by atoms with Crippen molar-refractivity contribution in [2.24, 2.45) is 0 Å². The molecule has 7 heteroatoms. The number of aromatic nitrogens is 1. The predicted molar refractivity (Wildman–Crippen MR) is 57.1 cm³/mol. The van der Waals surface area contributed by atoms with Gasteiger partial charge in [0.25, 0.3) is 0 Å². The van der Waals surface area contributed by atoms with Crippen LogP contribution in [0.1, 0.15) is 17.5 Å². The minimum Gasteiger partial charge on any atom is -0.481 e. The maximum absolute atomic E-state index is 12.6. The molecule has 0 saturated carbocycles. The quantitative estimate of drug-likeness (QED) is 0.905. The number of alkyl halides is 3. The van der Waals surface area contributed by atoms with Crippen LogP contribution in [-0.4, -0.2) is 23.2 Å². The summed E-state index contributed by atoms with van der Waals surface area (Å²) in [6.45, 7) is 0. The molecule has 0 fully saturated rings. The second-order valence-corrected chi connectivity index (χ2v) is 3.32. The molecule has 1 N–H and O–H groups in total. The molecule has 1 aromatic rings. The first-order chi connectivity index (χ1) is 8.34. The molecular weight excluding hydrogens is 251 g/mol. The van der Waals surface area contributed by atoms with Crippen LogP contribution in [0.2, 0.25) is 0 Å². The van der Waals surface area contributed by atoms with Gasteiger partial charge in [-0.05, 0) is 11.6 Å². The van der Waals surface area contributed by atoms with Crippen molar-refractivity contribution >= 4 is 12.0 Å². The molecule has 98 valence electrons. The van der Waals surface area contributed by atoms with E-state index < -0.39 is 23.6 Å². The van der Waals surface area contributed by atoms with Gasteiger partial charge < -0.3 is 9.84 Å². The first-order valence-corrected chi connectivity index (χ1v) is 4.84. The van der Waals surface area contributed by atoms with Crippen LogP contribution in [-0.2, 0) is 11.0 Å². The molecule has 1 rings (SSSR count). The lowest BCUT2D eigenvalue weighted by Crippen LogP contribution is -2.09. The van der Waals surface area contributed by atoms with Gasteiger partial charge in [-0.3, -0.25) is 4.79 Å². The van der Waals surface area contributed by atoms with Crippen LogP contribution in [0.4, 0.5) is 13.2 Å². The number of carbonyl (C=O) groups is 1. The summed E-state index contributed by atoms with van der Waals surface area (Å²) >= 11 is 0. The van der Waals surface area contributed by atoms with Gasteiger partial charge in [-0.15, -0.1) is 0 Å². The second kappa shape index (κ2) is 5.52. The molecule has 18 heavy (non-hydrogen) atoms. The van der Waals surface area contributed by atoms with Crippen molar-refractivity contribution in [3.05, 3.63) is 29.5 Å². The van der Waals surface area contributed by atoms with E-state index in [1.54, 1.807) is 0 Å². The van der Waals surface area contributed by atoms with E-state index in [1.165, 1.54) is 18.3 Å². The van der Waals surface area contributed by atoms with Crippen molar-refractivity contribution in [3.63, 3.8) is 0 Å². The predicted octanol–water partition coefficient (Wildman–Crippen LogP) is 2.60. The van der Waals surface area contributed by atoms with Gasteiger partial charge in [0.05, 0.1) is 13.5 Å². The standard InChI is InChI=1S/C11H10F3NO3/c1-18-10-8(11(12,13)14)5-7(6-15-10)3-2-4-9(16)17/h2-3,5-6H,4H2,1H3,(H,16,17)/b3-2+. The highest BCUT2D eigenvalue weighted by molar-refractivity contribution is 5.70. The monoisotopic (exact) mass is 261 g/mol. The van der Waals surface area contributed by atoms with Crippen LogP contribution in [0.25, 0.3) is 6.08 Å². The van der Waals surface area contributed by atoms with E-state index in [9.17, 15) is 18.0 Å². The molecule has 0 aliphatic rings. The Balaban J connectivity index is 3.03. The number of hydrogen-bond acceptors (Lipinski definition) is 3. The number of hydrogen-bond donors (Lipinski definition) is 1. The van der Waals surface area contributed by atoms with Gasteiger partial charge in [0, 0.05) is 6.20 Å². The minimum atomic E-state index is -4.57. The van der Waals surface area contributed by atoms with E-state index in [4.69, 9.17) is 5.11 Å². The topological polar surface area (TPSA) is 59.4 Å². The highest BCUT2D eigenvalue weighted by Crippen LogP contribution is 2.35. The molecule has 0 aromatic carbocycles. The van der Waals surface area contributed by atoms with Crippen molar-refractivity contribution in [1.29, 1.82) is 0 Å². The van der Waals surface area contributed by atoms with Crippen LogP contribution in [0.5, 0.6) is 5.88 Å². The number of aliphatic carboxylic acids is 1. The number of methoxy groups -OCH3 is 1. The van der Waals surface area contributed by atoms with Gasteiger partial charge in [0.15, 0.2) is 0 Å². The normalized spacial score (nSPS) is 11.8. The molecule has 0 unspecified atom stereocenters. The summed E-state index contributed by atoms with van der Waals surface area (Å²) in [6, 6.07) is 0.851. The minimum absolute atomic E-state index is 0.157. The lowest BCUT2D eigenvalue weighted by Gasteiger charge is -2.11. The Kier molecular flexibility index (Phi) is 4.30. The average Bonchev–Trinajstić information content (AvgIpc) is 2.27. The molecule has 0 amide bonds. The number of carboxylic acid groups (broad SMARTS) is 1. The van der Waals surface area contributed by atoms with Gasteiger partial charge in [-0.25, -0.2) is 4.98 Å². The molecule has 0 aliphatic carbocycles. The average molecular weight is 261 g/mol. The highest BCUT2D eigenvalue weighted by atomic mass is 19.4. The smallest absolute Gasteiger partial charge is 0.421 e. The van der Waals surface area contributed by atoms with Crippen LogP contribution >= 0.6 is 0 Å². The van der Waals surface area contributed by atoms with Gasteiger partial charge in [-0.1, -0.05) is 12.2 Å². The summed E-state index contributed by atoms with van der Waals surface area (Å²) < 4.78 is 42.4. The third-order valence-corrected chi connectivity index (χ3v) is 1.97. The van der Waals surface area contributed by atoms with Crippen LogP contribution in [0, 0.1) is 0 Å². The Morgan fingerprint density at radius 2 is 2.22 bits per heavy atom. The third kappa shape index (κ3) is 3.76. The summed E-state index contributed by atoms with van der Waals surface area (Å²) in [5.41, 5.74) is -0.841. The number of carboxylic acids is 1. The molecule has 0 atom stereocenters. The molecule has 0 saturated heterocycles. The first-order valence-electron chi connectivity index (χ1n) is 4.84. The lowest BCUT2D eigenvalue weighted by molar-refractivity contribution is -0.139. The summed E-state index contributed by atoms with van der Waals surface area (Å²) in [5, 5.41) is 8.39. The van der Waals surface area contributed by atoms with Gasteiger partial charge in [-0.2, -0.15) is 13.2 Å². The molecule has 0 aliphatic heterocycles. The fourth-order valence-corrected chi connectivity index (χ4v) is 1.22. The number of nitrogens with zero attached hydrogens (tertiary/aromatic N) is 1. The Hall–Kier alpha value is -2.05. The fraction of sp³-hybridized carbons (Fsp3) is 0.273. The van der Waals surface area contributed by atoms with Crippen molar-refractivity contribution in [2.45, 2.75) is 12.6 Å². The molecular formula is C11H10F3NO3. The Morgan fingerprint density at radius 3 is 2.72 bits per heavy atom. The zero-order valence-corrected chi connectivity index (χ0v) is 9.36. The first kappa shape index (κ1) is 14.0. The van der Waals surface area contributed by atoms with Crippen molar-refractivity contribution in [1.82, 2.24) is 4.98 Å². The van der Waals surface area contributed by atoms with Crippen molar-refractivity contribution < 1.29 is 27.8 Å². The lowest BCUT2D eigenvalue weighted by atomic mass is 10.1. The molecule has 0 radical (unpaired) electrons. The van der Waals surface area contributed by atoms with Crippen LogP contribution in [0.15, 0.2) is 18.3 Å². The molecule has 0 bridgehead atoms. The number of pyridine rings is 1. The van der Waals surface area contributed by atoms with E-state index in [2.05, 4.69) is 9.72 Å². The Labute approximate surface area is 101 Å². The van der Waals surface area contributed by atoms with Gasteiger partial charge >= 0.3 is 12.1 Å². The third-order valence-electron chi connectivity index (χ3n) is 1.97. The molecule has 0 spiro atoms. The van der Waals surface area contributed by atoms with E-state index in [0.29, 0.717) is 0 Å². The number of rotatable bonds is 4. The van der Waals surface area contributed by atoms with Gasteiger partial charge in [0.2, 0.25) is 5.88 Å². The number of ether oxygens (including phenoxy) is 1. The fourth-order valence-electron chi connectivity index (χ4n) is 1.22. The van der Waals surface area contributed by atoms with E-state index >= 15 is 0 Å². The van der Waals surface area contributed by atoms with E-state index in [0.717, 1.165) is 13.2 Å². The molecule has 1 heterocycles. The summed E-state index contributed by atoms with van der Waals surface area (Å²) in [6.07, 6.45) is -1.17. The van der Waals surface area contributed by atoms with E-state index in [1.807, 2.05) is 0 Å². The second-order valence-electron chi connectivity index (χ2n) is 3.32. The SMILES string of the molecule is COc1ncc(/C=C/CC(=O)O)cc1C(F)(F)F. The molecule has 1 aromatic heterocycles. The van der Waals surface area contributed by atoms with Crippen molar-refractivity contribution in [3.8, 4) is 5.88 Å². The maximum atomic E-state index is 12.6. The zero-order valence-electron chi connectivity index (χ0n) is 9.36.